The van der Waals surface area contributed by atoms with E-state index in [2.05, 4.69) is 10.1 Å². The van der Waals surface area contributed by atoms with Crippen LogP contribution in [0.5, 0.6) is 5.75 Å². The van der Waals surface area contributed by atoms with Crippen molar-refractivity contribution in [3.63, 3.8) is 0 Å². The van der Waals surface area contributed by atoms with Crippen LogP contribution in [0.4, 0.5) is 0 Å². The third-order valence-electron chi connectivity index (χ3n) is 3.57. The van der Waals surface area contributed by atoms with Crippen LogP contribution >= 0.6 is 23.2 Å². The summed E-state index contributed by atoms with van der Waals surface area (Å²) in [6.07, 6.45) is 1.47. The van der Waals surface area contributed by atoms with Crippen molar-refractivity contribution in [2.45, 2.75) is 6.92 Å². The molecular formula is C17H15Cl2N3O3. The number of fused-ring (bicyclic) bond motifs is 1. The lowest BCUT2D eigenvalue weighted by molar-refractivity contribution is 0.0450. The number of rotatable bonds is 5. The molecule has 0 radical (unpaired) electrons. The summed E-state index contributed by atoms with van der Waals surface area (Å²) in [5.41, 5.74) is 1.89. The molecule has 0 aliphatic rings. The molecule has 0 amide bonds. The second-order valence-electron chi connectivity index (χ2n) is 5.36. The number of hydrogen-bond acceptors (Lipinski definition) is 5. The van der Waals surface area contributed by atoms with Gasteiger partial charge < -0.3 is 9.47 Å². The number of hydrogen-bond donors (Lipinski definition) is 0. The van der Waals surface area contributed by atoms with Crippen LogP contribution in [0.1, 0.15) is 16.1 Å². The Morgan fingerprint density at radius 1 is 1.24 bits per heavy atom. The Hall–Kier alpha value is -2.31. The van der Waals surface area contributed by atoms with E-state index in [1.54, 1.807) is 36.0 Å². The number of carbonyl (C=O) groups is 1. The molecule has 0 saturated carbocycles. The van der Waals surface area contributed by atoms with Crippen molar-refractivity contribution >= 4 is 40.2 Å². The molecule has 8 heteroatoms. The molecule has 3 aromatic rings. The van der Waals surface area contributed by atoms with Crippen molar-refractivity contribution in [1.29, 1.82) is 0 Å². The minimum atomic E-state index is -0.469. The predicted octanol–water partition coefficient (Wildman–Crippen LogP) is 3.82. The Balaban J connectivity index is 1.58. The fraction of sp³-hybridized carbons (Fsp3) is 0.235. The van der Waals surface area contributed by atoms with Crippen LogP contribution in [0.3, 0.4) is 0 Å². The number of aromatic nitrogens is 3. The zero-order valence-corrected chi connectivity index (χ0v) is 15.1. The van der Waals surface area contributed by atoms with E-state index in [4.69, 9.17) is 32.7 Å². The van der Waals surface area contributed by atoms with Crippen LogP contribution in [0, 0.1) is 6.92 Å². The van der Waals surface area contributed by atoms with E-state index in [0.717, 1.165) is 16.7 Å². The standard InChI is InChI=1S/C17H15Cl2N3O3/c1-10-13-7-11(9-20-16(13)22(2)21-10)17(23)25-6-5-24-15-4-3-12(18)8-14(15)19/h3-4,7-9H,5-6H2,1-2H3. The van der Waals surface area contributed by atoms with Gasteiger partial charge in [-0.05, 0) is 31.2 Å². The zero-order chi connectivity index (χ0) is 18.0. The highest BCUT2D eigenvalue weighted by atomic mass is 35.5. The van der Waals surface area contributed by atoms with E-state index >= 15 is 0 Å². The highest BCUT2D eigenvalue weighted by molar-refractivity contribution is 6.35. The van der Waals surface area contributed by atoms with Crippen LogP contribution in [0.25, 0.3) is 11.0 Å². The molecule has 0 aliphatic carbocycles. The smallest absolute Gasteiger partial charge is 0.339 e. The second-order valence-corrected chi connectivity index (χ2v) is 6.21. The van der Waals surface area contributed by atoms with Crippen molar-refractivity contribution in [3.8, 4) is 5.75 Å². The van der Waals surface area contributed by atoms with Crippen LogP contribution < -0.4 is 4.74 Å². The van der Waals surface area contributed by atoms with Crippen LogP contribution in [0.15, 0.2) is 30.5 Å². The first kappa shape index (κ1) is 17.5. The molecule has 0 unspecified atom stereocenters. The van der Waals surface area contributed by atoms with Gasteiger partial charge in [0.25, 0.3) is 0 Å². The molecule has 0 bridgehead atoms. The fourth-order valence-corrected chi connectivity index (χ4v) is 2.84. The number of carbonyl (C=O) groups excluding carboxylic acids is 1. The average Bonchev–Trinajstić information content (AvgIpc) is 2.87. The lowest BCUT2D eigenvalue weighted by Gasteiger charge is -2.09. The maximum atomic E-state index is 12.1. The van der Waals surface area contributed by atoms with E-state index < -0.39 is 5.97 Å². The van der Waals surface area contributed by atoms with Crippen molar-refractivity contribution < 1.29 is 14.3 Å². The van der Waals surface area contributed by atoms with Gasteiger partial charge in [-0.25, -0.2) is 9.78 Å². The topological polar surface area (TPSA) is 66.2 Å². The second kappa shape index (κ2) is 7.29. The summed E-state index contributed by atoms with van der Waals surface area (Å²) in [5, 5.41) is 6.02. The Labute approximate surface area is 154 Å². The van der Waals surface area contributed by atoms with E-state index in [0.29, 0.717) is 21.4 Å². The predicted molar refractivity (Wildman–Crippen MR) is 95.5 cm³/mol. The van der Waals surface area contributed by atoms with Crippen LogP contribution in [0.2, 0.25) is 10.0 Å². The zero-order valence-electron chi connectivity index (χ0n) is 13.6. The molecule has 1 aromatic carbocycles. The number of halogens is 2. The highest BCUT2D eigenvalue weighted by Gasteiger charge is 2.13. The summed E-state index contributed by atoms with van der Waals surface area (Å²) in [7, 11) is 1.81. The van der Waals surface area contributed by atoms with Gasteiger partial charge in [-0.2, -0.15) is 5.10 Å². The highest BCUT2D eigenvalue weighted by Crippen LogP contribution is 2.27. The van der Waals surface area contributed by atoms with Gasteiger partial charge in [0.2, 0.25) is 0 Å². The van der Waals surface area contributed by atoms with Gasteiger partial charge in [0.05, 0.1) is 16.3 Å². The number of ether oxygens (including phenoxy) is 2. The van der Waals surface area contributed by atoms with Gasteiger partial charge in [0.1, 0.15) is 19.0 Å². The van der Waals surface area contributed by atoms with E-state index in [9.17, 15) is 4.79 Å². The molecule has 0 saturated heterocycles. The van der Waals surface area contributed by atoms with Crippen molar-refractivity contribution in [2.75, 3.05) is 13.2 Å². The molecular weight excluding hydrogens is 365 g/mol. The molecule has 6 nitrogen and oxygen atoms in total. The maximum Gasteiger partial charge on any atom is 0.339 e. The molecule has 2 heterocycles. The van der Waals surface area contributed by atoms with Gasteiger partial charge in [0.15, 0.2) is 5.65 Å². The monoisotopic (exact) mass is 379 g/mol. The largest absolute Gasteiger partial charge is 0.488 e. The van der Waals surface area contributed by atoms with E-state index in [-0.39, 0.29) is 13.2 Å². The van der Waals surface area contributed by atoms with Crippen molar-refractivity contribution in [1.82, 2.24) is 14.8 Å². The summed E-state index contributed by atoms with van der Waals surface area (Å²) in [6, 6.07) is 6.65. The van der Waals surface area contributed by atoms with Crippen LogP contribution in [-0.4, -0.2) is 33.9 Å². The number of benzene rings is 1. The van der Waals surface area contributed by atoms with Crippen molar-refractivity contribution in [2.24, 2.45) is 7.05 Å². The average molecular weight is 380 g/mol. The van der Waals surface area contributed by atoms with Gasteiger partial charge in [0, 0.05) is 23.7 Å². The van der Waals surface area contributed by atoms with Gasteiger partial charge in [-0.1, -0.05) is 23.2 Å². The Morgan fingerprint density at radius 3 is 2.80 bits per heavy atom. The Kier molecular flexibility index (Phi) is 5.11. The fourth-order valence-electron chi connectivity index (χ4n) is 2.38. The summed E-state index contributed by atoms with van der Waals surface area (Å²) in [6.45, 7) is 2.12. The van der Waals surface area contributed by atoms with Gasteiger partial charge >= 0.3 is 5.97 Å². The first-order chi connectivity index (χ1) is 12.0. The molecule has 3 rings (SSSR count). The first-order valence-electron chi connectivity index (χ1n) is 7.50. The first-order valence-corrected chi connectivity index (χ1v) is 8.25. The van der Waals surface area contributed by atoms with E-state index in [1.165, 1.54) is 6.20 Å². The summed E-state index contributed by atoms with van der Waals surface area (Å²) >= 11 is 11.8. The third kappa shape index (κ3) is 3.86. The lowest BCUT2D eigenvalue weighted by Crippen LogP contribution is -2.12. The van der Waals surface area contributed by atoms with Gasteiger partial charge in [-0.15, -0.1) is 0 Å². The molecule has 25 heavy (non-hydrogen) atoms. The Bertz CT molecular complexity index is 940. The molecule has 2 aromatic heterocycles. The number of nitrogens with zero attached hydrogens (tertiary/aromatic N) is 3. The molecule has 0 atom stereocenters. The molecule has 0 fully saturated rings. The van der Waals surface area contributed by atoms with Crippen LogP contribution in [-0.2, 0) is 11.8 Å². The van der Waals surface area contributed by atoms with E-state index in [1.807, 2.05) is 6.92 Å². The minimum Gasteiger partial charge on any atom is -0.488 e. The number of aryl methyl sites for hydroxylation is 2. The molecule has 0 aliphatic heterocycles. The number of pyridine rings is 1. The lowest BCUT2D eigenvalue weighted by atomic mass is 10.2. The Morgan fingerprint density at radius 2 is 2.04 bits per heavy atom. The SMILES string of the molecule is Cc1nn(C)c2ncc(C(=O)OCCOc3ccc(Cl)cc3Cl)cc12. The molecule has 130 valence electrons. The summed E-state index contributed by atoms with van der Waals surface area (Å²) in [4.78, 5) is 16.4. The normalized spacial score (nSPS) is 10.9. The maximum absolute atomic E-state index is 12.1. The quantitative estimate of drug-likeness (QED) is 0.497. The number of esters is 1. The molecule has 0 N–H and O–H groups in total. The molecule has 0 spiro atoms. The third-order valence-corrected chi connectivity index (χ3v) is 4.10. The minimum absolute atomic E-state index is 0.0852. The summed E-state index contributed by atoms with van der Waals surface area (Å²) in [5.74, 6) is 0.0136. The summed E-state index contributed by atoms with van der Waals surface area (Å²) < 4.78 is 12.4. The van der Waals surface area contributed by atoms with Crippen molar-refractivity contribution in [3.05, 3.63) is 51.8 Å². The van der Waals surface area contributed by atoms with Gasteiger partial charge in [-0.3, -0.25) is 4.68 Å².